The summed E-state index contributed by atoms with van der Waals surface area (Å²) in [6, 6.07) is -0.190. The molecule has 0 spiro atoms. The van der Waals surface area contributed by atoms with Crippen LogP contribution in [0.5, 0.6) is 0 Å². The molecule has 1 amide bonds. The fourth-order valence-corrected chi connectivity index (χ4v) is 10.9. The molecule has 84 heavy (non-hydrogen) atoms. The van der Waals surface area contributed by atoms with Gasteiger partial charge in [-0.1, -0.05) is 131 Å². The number of nitrogens with two attached hydrogens (primary N) is 3. The molecule has 0 aliphatic rings. The van der Waals surface area contributed by atoms with Gasteiger partial charge in [0.1, 0.15) is 25.6 Å². The lowest BCUT2D eigenvalue weighted by Crippen LogP contribution is -2.51. The highest BCUT2D eigenvalue weighted by Gasteiger charge is 2.05. The Kier molecular flexibility index (Phi) is 92.8. The van der Waals surface area contributed by atoms with Crippen molar-refractivity contribution in [1.82, 2.24) is 34.0 Å². The van der Waals surface area contributed by atoms with Crippen LogP contribution in [0.4, 0.5) is 9.59 Å². The average Bonchev–Trinajstić information content (AvgIpc) is 4.46. The predicted molar refractivity (Wildman–Crippen MR) is 362 cm³/mol. The Hall–Kier alpha value is -4.00. The topological polar surface area (TPSA) is 349 Å². The van der Waals surface area contributed by atoms with Crippen LogP contribution in [0.3, 0.4) is 0 Å². The number of nitrogens with one attached hydrogen (secondary N) is 1. The largest absolute Gasteiger partial charge is 0.452 e. The fraction of sp³-hybridized carbons (Fsp3) is 0.471. The molecule has 0 fully saturated rings. The van der Waals surface area contributed by atoms with Crippen molar-refractivity contribution >= 4 is 156 Å². The minimum absolute atomic E-state index is 0. The second-order valence-electron chi connectivity index (χ2n) is 13.0. The number of rotatable bonds is 30. The van der Waals surface area contributed by atoms with Crippen molar-refractivity contribution in [3.8, 4) is 49.4 Å². The zero-order chi connectivity index (χ0) is 63.7. The predicted octanol–water partition coefficient (Wildman–Crippen LogP) is 5.75. The van der Waals surface area contributed by atoms with Gasteiger partial charge < -0.3 is 53.3 Å². The van der Waals surface area contributed by atoms with Crippen LogP contribution in [0, 0.1) is 49.4 Å². The van der Waals surface area contributed by atoms with Gasteiger partial charge in [-0.05, 0) is 36.6 Å². The van der Waals surface area contributed by atoms with Gasteiger partial charge >= 0.3 is 24.1 Å². The number of alkyl halides is 2. The second-order valence-corrected chi connectivity index (χ2v) is 25.0. The molecule has 3 rings (SSSR count). The first-order valence-corrected chi connectivity index (χ1v) is 35.4. The first-order valence-electron chi connectivity index (χ1n) is 24.0. The first-order chi connectivity index (χ1) is 40.2. The number of carbonyl (C=O) groups is 6. The van der Waals surface area contributed by atoms with Crippen molar-refractivity contribution in [2.75, 3.05) is 117 Å². The number of hydrogen-bond donors (Lipinski definition) is 7. The number of quaternary nitrogens is 2. The van der Waals surface area contributed by atoms with Crippen molar-refractivity contribution in [3.63, 3.8) is 0 Å². The molecular weight excluding hydrogens is 1300 g/mol. The number of terminal acetylenes is 4. The lowest BCUT2D eigenvalue weighted by Gasteiger charge is -2.02. The van der Waals surface area contributed by atoms with Gasteiger partial charge in [0, 0.05) is 111 Å². The number of esters is 2. The number of ether oxygens (including phenoxy) is 3. The summed E-state index contributed by atoms with van der Waals surface area (Å²) in [7, 11) is 14.2. The maximum atomic E-state index is 11.4. The highest BCUT2D eigenvalue weighted by atomic mass is 35.5. The molecule has 3 aromatic heterocycles. The molecule has 22 nitrogen and oxygen atoms in total. The van der Waals surface area contributed by atoms with Crippen LogP contribution in [-0.4, -0.2) is 186 Å². The summed E-state index contributed by atoms with van der Waals surface area (Å²) in [5.41, 5.74) is 23.3. The van der Waals surface area contributed by atoms with Crippen molar-refractivity contribution in [2.45, 2.75) is 33.1 Å². The molecule has 33 heteroatoms. The SMILES string of the molecule is C.C#CCO.C#CCOC(=O)CCCSSCCN.C#CCOC(=O)CCCSSCCNC(=O)C=C.C#CCOC(=O)n1ccnc1.C=CC(=O)Cl.ClCCl.NCCSSCCN.O=C(n1ccnc1)n1ccnc1.[NH3+]CCSSCC[NH3+]. The van der Waals surface area contributed by atoms with Crippen LogP contribution in [0.2, 0.25) is 0 Å². The van der Waals surface area contributed by atoms with Crippen molar-refractivity contribution in [1.29, 1.82) is 0 Å². The van der Waals surface area contributed by atoms with Gasteiger partial charge in [0.15, 0.2) is 19.8 Å². The lowest BCUT2D eigenvalue weighted by molar-refractivity contribution is -0.360. The third-order valence-electron chi connectivity index (χ3n) is 6.61. The number of aromatic nitrogens is 6. The Morgan fingerprint density at radius 3 is 1.23 bits per heavy atom. The Balaban J connectivity index is -0.000000165. The molecule has 0 bridgehead atoms. The monoisotopic (exact) mass is 1380 g/mol. The third kappa shape index (κ3) is 82.2. The van der Waals surface area contributed by atoms with E-state index >= 15 is 0 Å². The number of aliphatic hydroxyl groups is 1. The van der Waals surface area contributed by atoms with Gasteiger partial charge in [0.05, 0.1) is 29.9 Å². The molecule has 0 aliphatic heterocycles. The number of halogens is 3. The Morgan fingerprint density at radius 1 is 0.595 bits per heavy atom. The van der Waals surface area contributed by atoms with E-state index in [2.05, 4.69) is 73.8 Å². The highest BCUT2D eigenvalue weighted by Crippen LogP contribution is 2.22. The summed E-state index contributed by atoms with van der Waals surface area (Å²) in [5.74, 6) is 16.0. The van der Waals surface area contributed by atoms with E-state index in [4.69, 9.17) is 85.9 Å². The number of aliphatic hydroxyl groups excluding tert-OH is 1. The lowest BCUT2D eigenvalue weighted by atomic mass is 10.3. The minimum Gasteiger partial charge on any atom is -0.452 e. The van der Waals surface area contributed by atoms with E-state index in [1.165, 1.54) is 62.7 Å². The van der Waals surface area contributed by atoms with Gasteiger partial charge in [0.25, 0.3) is 0 Å². The summed E-state index contributed by atoms with van der Waals surface area (Å²) >= 11 is 14.2. The molecule has 14 N–H and O–H groups in total. The van der Waals surface area contributed by atoms with E-state index < -0.39 is 11.3 Å². The number of allylic oxidation sites excluding steroid dienone is 1. The second kappa shape index (κ2) is 83.2. The smallest absolute Gasteiger partial charge is 0.420 e. The molecule has 0 unspecified atom stereocenters. The molecule has 474 valence electrons. The van der Waals surface area contributed by atoms with Gasteiger partial charge in [-0.25, -0.2) is 29.1 Å². The van der Waals surface area contributed by atoms with E-state index in [0.29, 0.717) is 25.9 Å². The number of amides is 1. The standard InChI is InChI=1S/C12H17NO3S2.C9H15NO2S2.C7H6N4O.C7H6N2O2.2C4H12N2S2.C3H3ClO.C3H4O.CH2Cl2.CH4/c1-3-8-16-12(15)6-5-9-17-18-10-7-13-11(14)4-2;1-2-6-12-9(11)4-3-7-13-14-8-5-10;12-7(10-3-1-8-5-10)11-4-2-9-6-11;1-2-5-11-7(10)9-4-3-8-6-9;2*5-1-3-7-8-4-2-6;1-2-3(4)5;1-2-3-4;2-1-3;/h1,4H,2,5-10H2,(H,13,14);1H,3-8,10H2;1-6H;1,3-4,6H,5H2;2*1-6H2;2H,1H2;1,4H,3H2;1H2;1H4/p+2. The van der Waals surface area contributed by atoms with Gasteiger partial charge in [-0.15, -0.1) is 48.9 Å². The highest BCUT2D eigenvalue weighted by molar-refractivity contribution is 8.77. The number of imidazole rings is 3. The van der Waals surface area contributed by atoms with Crippen LogP contribution in [0.1, 0.15) is 33.1 Å². The van der Waals surface area contributed by atoms with E-state index in [9.17, 15) is 28.8 Å². The Bertz CT molecular complexity index is 2100. The zero-order valence-corrected chi connectivity index (χ0v) is 55.0. The maximum Gasteiger partial charge on any atom is 0.420 e. The molecule has 0 atom stereocenters. The summed E-state index contributed by atoms with van der Waals surface area (Å²) in [6.07, 6.45) is 37.0. The number of hydrogen-bond acceptors (Lipinski definition) is 24. The Labute approximate surface area is 543 Å². The van der Waals surface area contributed by atoms with Crippen molar-refractivity contribution < 1.29 is 59.6 Å². The molecule has 3 heterocycles. The quantitative estimate of drug-likeness (QED) is 0.00610. The summed E-state index contributed by atoms with van der Waals surface area (Å²) in [5, 5.41) is 10.0. The summed E-state index contributed by atoms with van der Waals surface area (Å²) in [4.78, 5) is 75.7. The van der Waals surface area contributed by atoms with Crippen LogP contribution >= 0.6 is 121 Å². The summed E-state index contributed by atoms with van der Waals surface area (Å²) in [6.45, 7) is 11.3. The molecule has 0 saturated carbocycles. The first kappa shape index (κ1) is 93.7. The molecule has 0 aromatic carbocycles. The number of carbonyl (C=O) groups excluding carboxylic acids is 6. The van der Waals surface area contributed by atoms with Gasteiger partial charge in [-0.2, -0.15) is 0 Å². The van der Waals surface area contributed by atoms with Crippen LogP contribution in [0.25, 0.3) is 0 Å². The maximum absolute atomic E-state index is 11.4. The average molecular weight is 1390 g/mol. The molecule has 0 aliphatic carbocycles. The molecule has 0 radical (unpaired) electrons. The van der Waals surface area contributed by atoms with Crippen LogP contribution in [0.15, 0.2) is 81.5 Å². The van der Waals surface area contributed by atoms with Gasteiger partial charge in [-0.3, -0.25) is 28.3 Å². The third-order valence-corrected chi connectivity index (χ3v) is 16.8. The van der Waals surface area contributed by atoms with Crippen LogP contribution < -0.4 is 34.0 Å². The van der Waals surface area contributed by atoms with Gasteiger partial charge in [0.2, 0.25) is 11.1 Å². The normalized spacial score (nSPS) is 8.82. The molecular formula is C51H83Cl3N12O10S8+2. The van der Waals surface area contributed by atoms with E-state index in [-0.39, 0.29) is 63.1 Å². The van der Waals surface area contributed by atoms with Crippen LogP contribution in [-0.2, 0) is 33.4 Å². The molecule has 3 aromatic rings. The van der Waals surface area contributed by atoms with Crippen molar-refractivity contribution in [2.24, 2.45) is 17.2 Å². The van der Waals surface area contributed by atoms with E-state index in [1.807, 2.05) is 27.5 Å². The Morgan fingerprint density at radius 2 is 0.929 bits per heavy atom. The summed E-state index contributed by atoms with van der Waals surface area (Å²) < 4.78 is 18.0. The van der Waals surface area contributed by atoms with E-state index in [0.717, 1.165) is 79.6 Å². The number of nitrogens with zero attached hydrogens (tertiary/aromatic N) is 6. The van der Waals surface area contributed by atoms with Crippen molar-refractivity contribution in [3.05, 3.63) is 81.5 Å². The molecule has 0 saturated heterocycles. The minimum atomic E-state index is -0.513. The fourth-order valence-electron chi connectivity index (χ4n) is 3.38. The zero-order valence-electron chi connectivity index (χ0n) is 46.2. The van der Waals surface area contributed by atoms with E-state index in [1.54, 1.807) is 89.6 Å².